The smallest absolute Gasteiger partial charge is 0.106 e. The van der Waals surface area contributed by atoms with Crippen LogP contribution >= 0.6 is 0 Å². The van der Waals surface area contributed by atoms with Gasteiger partial charge in [-0.3, -0.25) is 4.90 Å². The molecule has 3 nitrogen and oxygen atoms in total. The maximum atomic E-state index is 4.87. The highest BCUT2D eigenvalue weighted by atomic mass is 16.6. The van der Waals surface area contributed by atoms with Crippen molar-refractivity contribution >= 4 is 6.21 Å². The van der Waals surface area contributed by atoms with Gasteiger partial charge in [0.15, 0.2) is 0 Å². The minimum absolute atomic E-state index is 0.295. The SMILES string of the molecule is CON=Cc1ccccc1C1CN(C(c2ccccc2)c2ccccc2)C1. The fraction of sp³-hybridized carbons (Fsp3) is 0.208. The van der Waals surface area contributed by atoms with Crippen LogP contribution in [-0.4, -0.2) is 31.3 Å². The van der Waals surface area contributed by atoms with Gasteiger partial charge >= 0.3 is 0 Å². The highest BCUT2D eigenvalue weighted by molar-refractivity contribution is 5.81. The molecule has 1 aliphatic heterocycles. The van der Waals surface area contributed by atoms with Crippen LogP contribution in [-0.2, 0) is 4.84 Å². The average molecular weight is 356 g/mol. The molecule has 0 atom stereocenters. The molecule has 0 saturated carbocycles. The fourth-order valence-electron chi connectivity index (χ4n) is 3.91. The molecular weight excluding hydrogens is 332 g/mol. The molecule has 1 fully saturated rings. The Morgan fingerprint density at radius 3 is 2.00 bits per heavy atom. The van der Waals surface area contributed by atoms with Crippen molar-refractivity contribution in [3.05, 3.63) is 107 Å². The number of nitrogens with zero attached hydrogens (tertiary/aromatic N) is 2. The molecule has 27 heavy (non-hydrogen) atoms. The van der Waals surface area contributed by atoms with Gasteiger partial charge in [0.25, 0.3) is 0 Å². The summed E-state index contributed by atoms with van der Waals surface area (Å²) in [6, 6.07) is 30.3. The van der Waals surface area contributed by atoms with Gasteiger partial charge in [-0.1, -0.05) is 90.1 Å². The molecule has 1 heterocycles. The number of hydrogen-bond acceptors (Lipinski definition) is 3. The Hall–Kier alpha value is -2.91. The Balaban J connectivity index is 1.57. The lowest BCUT2D eigenvalue weighted by Crippen LogP contribution is -2.47. The summed E-state index contributed by atoms with van der Waals surface area (Å²) in [7, 11) is 1.58. The van der Waals surface area contributed by atoms with Crippen molar-refractivity contribution in [1.82, 2.24) is 4.90 Å². The van der Waals surface area contributed by atoms with E-state index in [9.17, 15) is 0 Å². The molecule has 0 radical (unpaired) electrons. The van der Waals surface area contributed by atoms with Crippen LogP contribution in [0.25, 0.3) is 0 Å². The Morgan fingerprint density at radius 2 is 1.41 bits per heavy atom. The van der Waals surface area contributed by atoms with E-state index < -0.39 is 0 Å². The molecule has 0 N–H and O–H groups in total. The van der Waals surface area contributed by atoms with Crippen molar-refractivity contribution in [1.29, 1.82) is 0 Å². The second-order valence-electron chi connectivity index (χ2n) is 6.92. The Labute approximate surface area is 160 Å². The average Bonchev–Trinajstić information content (AvgIpc) is 2.70. The van der Waals surface area contributed by atoms with Gasteiger partial charge in [0, 0.05) is 19.0 Å². The molecule has 0 aromatic heterocycles. The molecule has 1 saturated heterocycles. The maximum Gasteiger partial charge on any atom is 0.106 e. The Kier molecular flexibility index (Phi) is 5.31. The normalized spacial score (nSPS) is 15.2. The van der Waals surface area contributed by atoms with Crippen LogP contribution in [0.5, 0.6) is 0 Å². The van der Waals surface area contributed by atoms with Crippen LogP contribution in [0.15, 0.2) is 90.1 Å². The molecule has 0 aliphatic carbocycles. The Bertz CT molecular complexity index is 847. The zero-order chi connectivity index (χ0) is 18.5. The molecule has 136 valence electrons. The Morgan fingerprint density at radius 1 is 0.852 bits per heavy atom. The third-order valence-electron chi connectivity index (χ3n) is 5.24. The summed E-state index contributed by atoms with van der Waals surface area (Å²) in [6.45, 7) is 2.07. The van der Waals surface area contributed by atoms with E-state index in [1.165, 1.54) is 16.7 Å². The predicted octanol–water partition coefficient (Wildman–Crippen LogP) is 4.86. The summed E-state index contributed by atoms with van der Waals surface area (Å²) >= 11 is 0. The fourth-order valence-corrected chi connectivity index (χ4v) is 3.91. The summed E-state index contributed by atoms with van der Waals surface area (Å²) in [4.78, 5) is 7.42. The van der Waals surface area contributed by atoms with E-state index in [4.69, 9.17) is 4.84 Å². The highest BCUT2D eigenvalue weighted by Gasteiger charge is 2.35. The van der Waals surface area contributed by atoms with E-state index in [0.29, 0.717) is 12.0 Å². The van der Waals surface area contributed by atoms with Crippen molar-refractivity contribution in [3.8, 4) is 0 Å². The molecule has 0 spiro atoms. The molecule has 3 aromatic rings. The lowest BCUT2D eigenvalue weighted by Gasteiger charge is -2.45. The summed E-state index contributed by atoms with van der Waals surface area (Å²) in [5.41, 5.74) is 5.17. The van der Waals surface area contributed by atoms with Gasteiger partial charge in [0.2, 0.25) is 0 Å². The van der Waals surface area contributed by atoms with E-state index in [0.717, 1.165) is 18.7 Å². The van der Waals surface area contributed by atoms with Crippen molar-refractivity contribution in [2.75, 3.05) is 20.2 Å². The molecule has 0 bridgehead atoms. The van der Waals surface area contributed by atoms with Crippen LogP contribution in [0.4, 0.5) is 0 Å². The van der Waals surface area contributed by atoms with Gasteiger partial charge in [-0.2, -0.15) is 0 Å². The zero-order valence-corrected chi connectivity index (χ0v) is 15.5. The lowest BCUT2D eigenvalue weighted by atomic mass is 9.84. The molecule has 3 aromatic carbocycles. The second kappa shape index (κ2) is 8.19. The monoisotopic (exact) mass is 356 g/mol. The van der Waals surface area contributed by atoms with E-state index in [2.05, 4.69) is 88.9 Å². The van der Waals surface area contributed by atoms with Crippen LogP contribution in [0.3, 0.4) is 0 Å². The van der Waals surface area contributed by atoms with Crippen molar-refractivity contribution < 1.29 is 4.84 Å². The maximum absolute atomic E-state index is 4.87. The van der Waals surface area contributed by atoms with E-state index in [1.807, 2.05) is 12.3 Å². The minimum Gasteiger partial charge on any atom is -0.399 e. The summed E-state index contributed by atoms with van der Waals surface area (Å²) < 4.78 is 0. The zero-order valence-electron chi connectivity index (χ0n) is 15.5. The quantitative estimate of drug-likeness (QED) is 0.466. The van der Waals surface area contributed by atoms with Gasteiger partial charge in [0.05, 0.1) is 12.3 Å². The minimum atomic E-state index is 0.295. The van der Waals surface area contributed by atoms with E-state index in [1.54, 1.807) is 7.11 Å². The van der Waals surface area contributed by atoms with Gasteiger partial charge in [-0.05, 0) is 22.3 Å². The van der Waals surface area contributed by atoms with Crippen LogP contribution in [0.1, 0.15) is 34.2 Å². The van der Waals surface area contributed by atoms with Crippen molar-refractivity contribution in [3.63, 3.8) is 0 Å². The first-order valence-electron chi connectivity index (χ1n) is 9.36. The molecule has 0 amide bonds. The highest BCUT2D eigenvalue weighted by Crippen LogP contribution is 2.38. The number of rotatable bonds is 6. The number of hydrogen-bond donors (Lipinski definition) is 0. The van der Waals surface area contributed by atoms with Gasteiger partial charge in [-0.25, -0.2) is 0 Å². The molecule has 0 unspecified atom stereocenters. The number of benzene rings is 3. The van der Waals surface area contributed by atoms with E-state index in [-0.39, 0.29) is 0 Å². The van der Waals surface area contributed by atoms with Gasteiger partial charge in [-0.15, -0.1) is 0 Å². The lowest BCUT2D eigenvalue weighted by molar-refractivity contribution is 0.111. The van der Waals surface area contributed by atoms with Crippen LogP contribution in [0, 0.1) is 0 Å². The number of likely N-dealkylation sites (tertiary alicyclic amines) is 1. The molecule has 1 aliphatic rings. The van der Waals surface area contributed by atoms with Crippen molar-refractivity contribution in [2.45, 2.75) is 12.0 Å². The first kappa shape index (κ1) is 17.5. The standard InChI is InChI=1S/C24H24N2O/c1-27-25-16-21-14-8-9-15-23(21)22-17-26(18-22)24(19-10-4-2-5-11-19)20-12-6-3-7-13-20/h2-16,22,24H,17-18H2,1H3. The first-order chi connectivity index (χ1) is 13.4. The third kappa shape index (κ3) is 3.79. The van der Waals surface area contributed by atoms with Crippen molar-refractivity contribution in [2.24, 2.45) is 5.16 Å². The van der Waals surface area contributed by atoms with Crippen LogP contribution in [0.2, 0.25) is 0 Å². The summed E-state index contributed by atoms with van der Waals surface area (Å²) in [5, 5.41) is 3.95. The van der Waals surface area contributed by atoms with Gasteiger partial charge < -0.3 is 4.84 Å². The predicted molar refractivity (Wildman–Crippen MR) is 110 cm³/mol. The first-order valence-corrected chi connectivity index (χ1v) is 9.36. The molecule has 4 rings (SSSR count). The summed E-state index contributed by atoms with van der Waals surface area (Å²) in [5.74, 6) is 0.513. The largest absolute Gasteiger partial charge is 0.399 e. The van der Waals surface area contributed by atoms with E-state index >= 15 is 0 Å². The summed E-state index contributed by atoms with van der Waals surface area (Å²) in [6.07, 6.45) is 1.81. The van der Waals surface area contributed by atoms with Gasteiger partial charge in [0.1, 0.15) is 7.11 Å². The second-order valence-corrected chi connectivity index (χ2v) is 6.92. The molecule has 3 heteroatoms. The van der Waals surface area contributed by atoms with Crippen LogP contribution < -0.4 is 0 Å². The third-order valence-corrected chi connectivity index (χ3v) is 5.24. The topological polar surface area (TPSA) is 24.8 Å². The molecular formula is C24H24N2O. The number of oxime groups is 1.